The summed E-state index contributed by atoms with van der Waals surface area (Å²) in [5, 5.41) is 19.3. The molecule has 0 fully saturated rings. The van der Waals surface area contributed by atoms with Gasteiger partial charge in [0.15, 0.2) is 0 Å². The van der Waals surface area contributed by atoms with Gasteiger partial charge in [-0.25, -0.2) is 4.98 Å². The molecule has 2 aromatic heterocycles. The van der Waals surface area contributed by atoms with Crippen LogP contribution in [0.3, 0.4) is 0 Å². The second-order valence-corrected chi connectivity index (χ2v) is 5.72. The monoisotopic (exact) mass is 302 g/mol. The molecule has 6 nitrogen and oxygen atoms in total. The molecule has 0 aliphatic carbocycles. The van der Waals surface area contributed by atoms with E-state index in [1.165, 1.54) is 11.3 Å². The maximum Gasteiger partial charge on any atom is 0.255 e. The van der Waals surface area contributed by atoms with Crippen molar-refractivity contribution in [2.45, 2.75) is 13.0 Å². The number of benzene rings is 1. The lowest BCUT2D eigenvalue weighted by Gasteiger charge is -2.09. The van der Waals surface area contributed by atoms with Gasteiger partial charge in [0.25, 0.3) is 5.91 Å². The third-order valence-electron chi connectivity index (χ3n) is 3.03. The quantitative estimate of drug-likeness (QED) is 0.685. The Labute approximate surface area is 124 Å². The van der Waals surface area contributed by atoms with E-state index >= 15 is 0 Å². The molecule has 2 heterocycles. The lowest BCUT2D eigenvalue weighted by Crippen LogP contribution is -2.35. The van der Waals surface area contributed by atoms with Crippen LogP contribution in [0.15, 0.2) is 30.5 Å². The van der Waals surface area contributed by atoms with Crippen molar-refractivity contribution in [3.05, 3.63) is 36.0 Å². The van der Waals surface area contributed by atoms with Crippen LogP contribution in [-0.4, -0.2) is 38.8 Å². The molecule has 0 radical (unpaired) electrons. The van der Waals surface area contributed by atoms with Crippen LogP contribution >= 0.6 is 11.3 Å². The Balaban J connectivity index is 1.96. The number of fused-ring (bicyclic) bond motifs is 1. The fraction of sp³-hybridized carbons (Fsp3) is 0.214. The van der Waals surface area contributed by atoms with Gasteiger partial charge in [0.1, 0.15) is 10.7 Å². The van der Waals surface area contributed by atoms with E-state index in [1.807, 2.05) is 24.3 Å². The topological polar surface area (TPSA) is 90.9 Å². The lowest BCUT2D eigenvalue weighted by molar-refractivity contribution is 0.0923. The van der Waals surface area contributed by atoms with Gasteiger partial charge in [0.2, 0.25) is 0 Å². The van der Waals surface area contributed by atoms with E-state index in [9.17, 15) is 4.79 Å². The van der Waals surface area contributed by atoms with E-state index in [2.05, 4.69) is 20.5 Å². The van der Waals surface area contributed by atoms with Gasteiger partial charge < -0.3 is 10.4 Å². The average molecular weight is 302 g/mol. The molecule has 0 spiro atoms. The van der Waals surface area contributed by atoms with Crippen molar-refractivity contribution < 1.29 is 9.90 Å². The van der Waals surface area contributed by atoms with Crippen molar-refractivity contribution in [2.24, 2.45) is 0 Å². The Hall–Kier alpha value is -2.25. The first-order valence-electron chi connectivity index (χ1n) is 6.50. The van der Waals surface area contributed by atoms with Gasteiger partial charge in [-0.3, -0.25) is 9.89 Å². The Morgan fingerprint density at radius 1 is 1.48 bits per heavy atom. The van der Waals surface area contributed by atoms with E-state index in [0.717, 1.165) is 10.2 Å². The van der Waals surface area contributed by atoms with Gasteiger partial charge in [-0.1, -0.05) is 12.1 Å². The molecule has 7 heteroatoms. The number of nitrogens with zero attached hydrogens (tertiary/aromatic N) is 2. The van der Waals surface area contributed by atoms with Crippen molar-refractivity contribution in [3.63, 3.8) is 0 Å². The highest BCUT2D eigenvalue weighted by atomic mass is 32.1. The van der Waals surface area contributed by atoms with Crippen molar-refractivity contribution in [1.29, 1.82) is 0 Å². The highest BCUT2D eigenvalue weighted by Gasteiger charge is 2.19. The predicted octanol–water partition coefficient (Wildman–Crippen LogP) is 1.80. The highest BCUT2D eigenvalue weighted by Crippen LogP contribution is 2.30. The molecule has 0 saturated heterocycles. The summed E-state index contributed by atoms with van der Waals surface area (Å²) >= 11 is 1.49. The Morgan fingerprint density at radius 2 is 2.29 bits per heavy atom. The summed E-state index contributed by atoms with van der Waals surface area (Å²) in [5.41, 5.74) is 1.84. The summed E-state index contributed by atoms with van der Waals surface area (Å²) < 4.78 is 1.05. The van der Waals surface area contributed by atoms with Crippen LogP contribution in [0.25, 0.3) is 20.9 Å². The van der Waals surface area contributed by atoms with Gasteiger partial charge in [0.05, 0.1) is 22.4 Å². The van der Waals surface area contributed by atoms with E-state index in [1.54, 1.807) is 13.1 Å². The second kappa shape index (κ2) is 5.63. The van der Waals surface area contributed by atoms with E-state index in [4.69, 9.17) is 5.11 Å². The van der Waals surface area contributed by atoms with Gasteiger partial charge in [0, 0.05) is 12.2 Å². The number of hydrogen-bond acceptors (Lipinski definition) is 5. The number of aromatic amines is 1. The number of aliphatic hydroxyl groups excluding tert-OH is 1. The maximum absolute atomic E-state index is 12.2. The van der Waals surface area contributed by atoms with Crippen LogP contribution in [0.1, 0.15) is 17.3 Å². The number of para-hydroxylation sites is 1. The molecule has 3 N–H and O–H groups in total. The molecular formula is C14H14N4O2S. The molecule has 0 aliphatic heterocycles. The molecule has 3 rings (SSSR count). The first-order valence-corrected chi connectivity index (χ1v) is 7.32. The minimum atomic E-state index is -0.310. The third-order valence-corrected chi connectivity index (χ3v) is 4.08. The number of carbonyl (C=O) groups is 1. The number of hydrogen-bond donors (Lipinski definition) is 3. The van der Waals surface area contributed by atoms with Crippen LogP contribution in [0.2, 0.25) is 0 Å². The van der Waals surface area contributed by atoms with Gasteiger partial charge in [-0.2, -0.15) is 5.10 Å². The van der Waals surface area contributed by atoms with Gasteiger partial charge in [-0.05, 0) is 19.1 Å². The molecule has 1 aromatic carbocycles. The highest BCUT2D eigenvalue weighted by molar-refractivity contribution is 7.21. The first kappa shape index (κ1) is 13.7. The predicted molar refractivity (Wildman–Crippen MR) is 81.2 cm³/mol. The molecular weight excluding hydrogens is 288 g/mol. The number of thiazole rings is 1. The molecule has 1 amide bonds. The van der Waals surface area contributed by atoms with Crippen molar-refractivity contribution in [2.75, 3.05) is 6.61 Å². The van der Waals surface area contributed by atoms with Gasteiger partial charge in [-0.15, -0.1) is 11.3 Å². The Kier molecular flexibility index (Phi) is 3.68. The zero-order chi connectivity index (χ0) is 14.8. The summed E-state index contributed by atoms with van der Waals surface area (Å²) in [6.45, 7) is 1.62. The van der Waals surface area contributed by atoms with E-state index in [0.29, 0.717) is 16.3 Å². The maximum atomic E-state index is 12.2. The summed E-state index contributed by atoms with van der Waals surface area (Å²) in [5.74, 6) is -0.278. The molecule has 21 heavy (non-hydrogen) atoms. The zero-order valence-corrected chi connectivity index (χ0v) is 12.1. The van der Waals surface area contributed by atoms with Crippen LogP contribution in [-0.2, 0) is 0 Å². The van der Waals surface area contributed by atoms with Crippen LogP contribution in [0.5, 0.6) is 0 Å². The minimum absolute atomic E-state index is 0.111. The third kappa shape index (κ3) is 2.65. The smallest absolute Gasteiger partial charge is 0.255 e. The summed E-state index contributed by atoms with van der Waals surface area (Å²) in [6, 6.07) is 7.47. The second-order valence-electron chi connectivity index (χ2n) is 4.69. The molecule has 0 bridgehead atoms. The Morgan fingerprint density at radius 3 is 3.05 bits per heavy atom. The summed E-state index contributed by atoms with van der Waals surface area (Å²) in [7, 11) is 0. The van der Waals surface area contributed by atoms with Crippen LogP contribution in [0.4, 0.5) is 0 Å². The van der Waals surface area contributed by atoms with Crippen molar-refractivity contribution in [3.8, 4) is 10.7 Å². The van der Waals surface area contributed by atoms with Crippen LogP contribution in [0, 0.1) is 0 Å². The molecule has 1 unspecified atom stereocenters. The van der Waals surface area contributed by atoms with Gasteiger partial charge >= 0.3 is 0 Å². The molecule has 0 aliphatic rings. The number of nitrogens with one attached hydrogen (secondary N) is 2. The first-order chi connectivity index (χ1) is 10.2. The van der Waals surface area contributed by atoms with Crippen molar-refractivity contribution >= 4 is 27.5 Å². The van der Waals surface area contributed by atoms with E-state index in [-0.39, 0.29) is 18.6 Å². The standard InChI is InChI=1S/C14H14N4O2S/c1-8(7-19)16-13(20)9-6-15-18-12(9)14-17-10-4-2-3-5-11(10)21-14/h2-6,8,19H,7H2,1H3,(H,15,18)(H,16,20). The molecule has 0 saturated carbocycles. The summed E-state index contributed by atoms with van der Waals surface area (Å²) in [6.07, 6.45) is 1.54. The van der Waals surface area contributed by atoms with Crippen LogP contribution < -0.4 is 5.32 Å². The number of carbonyl (C=O) groups excluding carboxylic acids is 1. The Bertz CT molecular complexity index is 747. The lowest BCUT2D eigenvalue weighted by atomic mass is 10.2. The summed E-state index contributed by atoms with van der Waals surface area (Å²) in [4.78, 5) is 16.7. The molecule has 1 atom stereocenters. The zero-order valence-electron chi connectivity index (χ0n) is 11.3. The van der Waals surface area contributed by atoms with E-state index < -0.39 is 0 Å². The average Bonchev–Trinajstić information content (AvgIpc) is 3.12. The minimum Gasteiger partial charge on any atom is -0.394 e. The number of H-pyrrole nitrogens is 1. The number of amides is 1. The van der Waals surface area contributed by atoms with Crippen molar-refractivity contribution in [1.82, 2.24) is 20.5 Å². The fourth-order valence-electron chi connectivity index (χ4n) is 1.95. The normalized spacial score (nSPS) is 12.5. The largest absolute Gasteiger partial charge is 0.394 e. The fourth-order valence-corrected chi connectivity index (χ4v) is 2.92. The number of aliphatic hydroxyl groups is 1. The molecule has 108 valence electrons. The number of aromatic nitrogens is 3. The molecule has 3 aromatic rings. The SMILES string of the molecule is CC(CO)NC(=O)c1c[nH]nc1-c1nc2ccccc2s1. The number of rotatable bonds is 4.